The maximum Gasteiger partial charge on any atom is 0.226 e. The number of allylic oxidation sites excluding steroid dienone is 1. The molecule has 3 nitrogen and oxygen atoms in total. The average Bonchev–Trinajstić information content (AvgIpc) is 2.26. The van der Waals surface area contributed by atoms with Gasteiger partial charge in [-0.25, -0.2) is 0 Å². The van der Waals surface area contributed by atoms with Gasteiger partial charge in [0.25, 0.3) is 0 Å². The first-order valence-corrected chi connectivity index (χ1v) is 4.82. The molecular formula is C12H15NO2. The van der Waals surface area contributed by atoms with Crippen LogP contribution in [0.1, 0.15) is 24.8 Å². The Morgan fingerprint density at radius 3 is 2.60 bits per heavy atom. The van der Waals surface area contributed by atoms with Crippen molar-refractivity contribution in [1.29, 1.82) is 0 Å². The smallest absolute Gasteiger partial charge is 0.226 e. The van der Waals surface area contributed by atoms with Crippen molar-refractivity contribution in [3.63, 3.8) is 0 Å². The molecular weight excluding hydrogens is 190 g/mol. The fraction of sp³-hybridized carbons (Fsp3) is 0.250. The van der Waals surface area contributed by atoms with E-state index in [1.807, 2.05) is 30.3 Å². The van der Waals surface area contributed by atoms with Gasteiger partial charge in [0.15, 0.2) is 0 Å². The van der Waals surface area contributed by atoms with Crippen molar-refractivity contribution in [1.82, 2.24) is 0 Å². The van der Waals surface area contributed by atoms with Crippen LogP contribution in [0.5, 0.6) is 0 Å². The number of nitrogens with zero attached hydrogens (tertiary/aromatic N) is 1. The van der Waals surface area contributed by atoms with Gasteiger partial charge in [0.05, 0.1) is 5.92 Å². The van der Waals surface area contributed by atoms with E-state index in [0.29, 0.717) is 12.1 Å². The van der Waals surface area contributed by atoms with E-state index in [1.165, 1.54) is 0 Å². The zero-order valence-electron chi connectivity index (χ0n) is 8.76. The fourth-order valence-electron chi connectivity index (χ4n) is 1.53. The van der Waals surface area contributed by atoms with Crippen LogP contribution in [0.4, 0.5) is 0 Å². The molecule has 0 aromatic heterocycles. The van der Waals surface area contributed by atoms with Crippen molar-refractivity contribution in [2.24, 2.45) is 0 Å². The Labute approximate surface area is 89.5 Å². The van der Waals surface area contributed by atoms with E-state index in [9.17, 15) is 5.21 Å². The van der Waals surface area contributed by atoms with Gasteiger partial charge >= 0.3 is 0 Å². The number of rotatable bonds is 4. The molecule has 0 amide bonds. The van der Waals surface area contributed by atoms with Crippen LogP contribution in [0.3, 0.4) is 0 Å². The molecule has 0 bridgehead atoms. The second kappa shape index (κ2) is 5.20. The maximum absolute atomic E-state index is 10.8. The second-order valence-electron chi connectivity index (χ2n) is 3.40. The van der Waals surface area contributed by atoms with Crippen LogP contribution in [0.15, 0.2) is 43.0 Å². The van der Waals surface area contributed by atoms with Gasteiger partial charge in [-0.1, -0.05) is 36.4 Å². The van der Waals surface area contributed by atoms with E-state index < -0.39 is 0 Å². The SMILES string of the molecule is C=CCC(/C(C)=[N+](/[O-])O)c1ccccc1. The van der Waals surface area contributed by atoms with Crippen molar-refractivity contribution in [3.05, 3.63) is 53.8 Å². The Morgan fingerprint density at radius 2 is 2.13 bits per heavy atom. The molecule has 0 aliphatic heterocycles. The van der Waals surface area contributed by atoms with Crippen LogP contribution in [0.25, 0.3) is 0 Å². The minimum absolute atomic E-state index is 0.0683. The predicted molar refractivity (Wildman–Crippen MR) is 60.1 cm³/mol. The third-order valence-corrected chi connectivity index (χ3v) is 2.41. The monoisotopic (exact) mass is 205 g/mol. The van der Waals surface area contributed by atoms with E-state index in [1.54, 1.807) is 13.0 Å². The average molecular weight is 205 g/mol. The zero-order chi connectivity index (χ0) is 11.3. The molecule has 1 rings (SSSR count). The largest absolute Gasteiger partial charge is 0.418 e. The zero-order valence-corrected chi connectivity index (χ0v) is 8.76. The molecule has 15 heavy (non-hydrogen) atoms. The minimum Gasteiger partial charge on any atom is -0.418 e. The van der Waals surface area contributed by atoms with Crippen molar-refractivity contribution in [3.8, 4) is 0 Å². The molecule has 1 unspecified atom stereocenters. The molecule has 1 atom stereocenters. The van der Waals surface area contributed by atoms with Gasteiger partial charge in [-0.05, 0) is 12.0 Å². The first-order chi connectivity index (χ1) is 7.16. The summed E-state index contributed by atoms with van der Waals surface area (Å²) in [5.74, 6) is -0.105. The van der Waals surface area contributed by atoms with Crippen molar-refractivity contribution >= 4 is 5.71 Å². The second-order valence-corrected chi connectivity index (χ2v) is 3.40. The highest BCUT2D eigenvalue weighted by Crippen LogP contribution is 2.21. The van der Waals surface area contributed by atoms with Crippen LogP contribution in [0.2, 0.25) is 0 Å². The predicted octanol–water partition coefficient (Wildman–Crippen LogP) is 2.71. The van der Waals surface area contributed by atoms with Crippen molar-refractivity contribution in [2.75, 3.05) is 0 Å². The Balaban J connectivity index is 3.04. The summed E-state index contributed by atoms with van der Waals surface area (Å²) in [6.07, 6.45) is 2.37. The summed E-state index contributed by atoms with van der Waals surface area (Å²) in [6.45, 7) is 5.27. The lowest BCUT2D eigenvalue weighted by molar-refractivity contribution is -0.727. The standard InChI is InChI=1S/C12H15NO2/c1-3-7-12(10(2)13(14)15)11-8-5-4-6-9-11/h3-6,8-9,12H,1,7H2,2H3,(H,14,15). The van der Waals surface area contributed by atoms with E-state index >= 15 is 0 Å². The van der Waals surface area contributed by atoms with Gasteiger partial charge in [0, 0.05) is 11.8 Å². The Bertz CT molecular complexity index is 353. The fourth-order valence-corrected chi connectivity index (χ4v) is 1.53. The van der Waals surface area contributed by atoms with Crippen LogP contribution < -0.4 is 0 Å². The summed E-state index contributed by atoms with van der Waals surface area (Å²) in [5, 5.41) is 19.7. The van der Waals surface area contributed by atoms with Crippen LogP contribution in [0, 0.1) is 5.21 Å². The molecule has 80 valence electrons. The van der Waals surface area contributed by atoms with Gasteiger partial charge in [-0.3, -0.25) is 5.21 Å². The first kappa shape index (κ1) is 11.3. The molecule has 0 heterocycles. The molecule has 0 saturated carbocycles. The van der Waals surface area contributed by atoms with E-state index in [0.717, 1.165) is 5.56 Å². The summed E-state index contributed by atoms with van der Waals surface area (Å²) >= 11 is 0. The third-order valence-electron chi connectivity index (χ3n) is 2.41. The molecule has 1 aromatic carbocycles. The minimum atomic E-state index is -0.105. The van der Waals surface area contributed by atoms with Crippen LogP contribution in [-0.2, 0) is 0 Å². The van der Waals surface area contributed by atoms with Gasteiger partial charge in [-0.2, -0.15) is 0 Å². The number of benzene rings is 1. The van der Waals surface area contributed by atoms with Crippen molar-refractivity contribution < 1.29 is 10.1 Å². The molecule has 0 saturated heterocycles. The molecule has 0 spiro atoms. The molecule has 0 fully saturated rings. The lowest BCUT2D eigenvalue weighted by Gasteiger charge is -2.11. The Hall–Kier alpha value is -1.77. The highest BCUT2D eigenvalue weighted by atomic mass is 16.8. The summed E-state index contributed by atoms with van der Waals surface area (Å²) in [5.41, 5.74) is 1.38. The van der Waals surface area contributed by atoms with Crippen molar-refractivity contribution in [2.45, 2.75) is 19.3 Å². The summed E-state index contributed by atoms with van der Waals surface area (Å²) in [6, 6.07) is 9.59. The van der Waals surface area contributed by atoms with Gasteiger partial charge < -0.3 is 5.21 Å². The summed E-state index contributed by atoms with van der Waals surface area (Å²) in [4.78, 5) is -0.0683. The lowest BCUT2D eigenvalue weighted by Crippen LogP contribution is -2.17. The normalized spacial score (nSPS) is 14.2. The quantitative estimate of drug-likeness (QED) is 0.270. The van der Waals surface area contributed by atoms with Gasteiger partial charge in [-0.15, -0.1) is 6.58 Å². The lowest BCUT2D eigenvalue weighted by atomic mass is 9.92. The van der Waals surface area contributed by atoms with Gasteiger partial charge in [0.2, 0.25) is 5.71 Å². The number of hydrogen-bond acceptors (Lipinski definition) is 2. The molecule has 0 aliphatic carbocycles. The highest BCUT2D eigenvalue weighted by molar-refractivity contribution is 5.84. The number of hydrogen-bond donors (Lipinski definition) is 1. The Kier molecular flexibility index (Phi) is 3.92. The third kappa shape index (κ3) is 2.84. The summed E-state index contributed by atoms with van der Waals surface area (Å²) in [7, 11) is 0. The molecule has 3 heteroatoms. The summed E-state index contributed by atoms with van der Waals surface area (Å²) < 4.78 is 0. The molecule has 0 aliphatic rings. The Morgan fingerprint density at radius 1 is 1.53 bits per heavy atom. The van der Waals surface area contributed by atoms with E-state index in [4.69, 9.17) is 5.21 Å². The maximum atomic E-state index is 10.8. The van der Waals surface area contributed by atoms with E-state index in [2.05, 4.69) is 6.58 Å². The molecule has 1 aromatic rings. The van der Waals surface area contributed by atoms with Crippen LogP contribution >= 0.6 is 0 Å². The molecule has 1 N–H and O–H groups in total. The topological polar surface area (TPSA) is 46.3 Å². The highest BCUT2D eigenvalue weighted by Gasteiger charge is 2.20. The van der Waals surface area contributed by atoms with Crippen LogP contribution in [-0.4, -0.2) is 15.8 Å². The molecule has 0 radical (unpaired) electrons. The van der Waals surface area contributed by atoms with Gasteiger partial charge in [0.1, 0.15) is 0 Å². The van der Waals surface area contributed by atoms with E-state index in [-0.39, 0.29) is 10.8 Å². The first-order valence-electron chi connectivity index (χ1n) is 4.82.